The maximum Gasteiger partial charge on any atom is 0.253 e. The Morgan fingerprint density at radius 1 is 1.37 bits per heavy atom. The zero-order chi connectivity index (χ0) is 14.0. The van der Waals surface area contributed by atoms with Crippen LogP contribution in [0, 0.1) is 11.8 Å². The minimum absolute atomic E-state index is 0.101. The van der Waals surface area contributed by atoms with Crippen LogP contribution in [-0.2, 0) is 0 Å². The molecule has 0 heterocycles. The van der Waals surface area contributed by atoms with Crippen molar-refractivity contribution in [3.63, 3.8) is 0 Å². The van der Waals surface area contributed by atoms with Gasteiger partial charge in [-0.15, -0.1) is 0 Å². The Bertz CT molecular complexity index is 475. The van der Waals surface area contributed by atoms with Gasteiger partial charge in [0.25, 0.3) is 5.91 Å². The molecule has 3 unspecified atom stereocenters. The normalized spacial score (nSPS) is 27.0. The lowest BCUT2D eigenvalue weighted by Crippen LogP contribution is -2.43. The maximum atomic E-state index is 12.3. The smallest absolute Gasteiger partial charge is 0.253 e. The number of hydrogen-bond acceptors (Lipinski definition) is 2. The number of halogens is 1. The molecule has 0 saturated heterocycles. The van der Waals surface area contributed by atoms with Gasteiger partial charge in [-0.1, -0.05) is 38.3 Å². The highest BCUT2D eigenvalue weighted by Gasteiger charge is 2.28. The molecule has 0 spiro atoms. The second-order valence-corrected chi connectivity index (χ2v) is 5.99. The minimum atomic E-state index is -0.101. The zero-order valence-corrected chi connectivity index (χ0v) is 12.2. The molecule has 19 heavy (non-hydrogen) atoms. The molecule has 1 saturated carbocycles. The van der Waals surface area contributed by atoms with Gasteiger partial charge in [-0.05, 0) is 36.5 Å². The number of nitrogens with one attached hydrogen (secondary N) is 1. The van der Waals surface area contributed by atoms with Crippen LogP contribution in [0.1, 0.15) is 43.5 Å². The summed E-state index contributed by atoms with van der Waals surface area (Å²) in [6.07, 6.45) is 3.46. The Labute approximate surface area is 119 Å². The van der Waals surface area contributed by atoms with Crippen LogP contribution < -0.4 is 11.1 Å². The van der Waals surface area contributed by atoms with E-state index in [0.717, 1.165) is 6.42 Å². The number of rotatable bonds is 2. The zero-order valence-electron chi connectivity index (χ0n) is 11.4. The van der Waals surface area contributed by atoms with E-state index >= 15 is 0 Å². The Morgan fingerprint density at radius 3 is 2.79 bits per heavy atom. The third kappa shape index (κ3) is 3.21. The highest BCUT2D eigenvalue weighted by Crippen LogP contribution is 2.30. The van der Waals surface area contributed by atoms with Gasteiger partial charge in [0.15, 0.2) is 0 Å². The highest BCUT2D eigenvalue weighted by molar-refractivity contribution is 6.34. The van der Waals surface area contributed by atoms with Gasteiger partial charge < -0.3 is 11.1 Å². The van der Waals surface area contributed by atoms with Crippen LogP contribution >= 0.6 is 11.6 Å². The average molecular weight is 281 g/mol. The van der Waals surface area contributed by atoms with E-state index in [9.17, 15) is 4.79 Å². The van der Waals surface area contributed by atoms with Gasteiger partial charge >= 0.3 is 0 Å². The fourth-order valence-electron chi connectivity index (χ4n) is 2.75. The van der Waals surface area contributed by atoms with E-state index in [1.807, 2.05) is 0 Å². The molecule has 3 N–H and O–H groups in total. The van der Waals surface area contributed by atoms with Gasteiger partial charge in [0.05, 0.1) is 10.6 Å². The second-order valence-electron chi connectivity index (χ2n) is 5.59. The summed E-state index contributed by atoms with van der Waals surface area (Å²) in [7, 11) is 0. The summed E-state index contributed by atoms with van der Waals surface area (Å²) in [5.74, 6) is 1.06. The molecule has 0 aliphatic heterocycles. The molecule has 1 fully saturated rings. The van der Waals surface area contributed by atoms with Crippen molar-refractivity contribution in [2.24, 2.45) is 11.8 Å². The number of benzene rings is 1. The molecule has 104 valence electrons. The third-order valence-corrected chi connectivity index (χ3v) is 4.57. The van der Waals surface area contributed by atoms with Crippen molar-refractivity contribution in [2.45, 2.75) is 39.2 Å². The number of nitrogens with two attached hydrogens (primary N) is 1. The molecule has 1 amide bonds. The van der Waals surface area contributed by atoms with E-state index < -0.39 is 0 Å². The summed E-state index contributed by atoms with van der Waals surface area (Å²) in [5.41, 5.74) is 6.71. The minimum Gasteiger partial charge on any atom is -0.399 e. The van der Waals surface area contributed by atoms with E-state index in [1.165, 1.54) is 12.8 Å². The predicted molar refractivity (Wildman–Crippen MR) is 79.3 cm³/mol. The lowest BCUT2D eigenvalue weighted by Gasteiger charge is -2.34. The van der Waals surface area contributed by atoms with E-state index in [0.29, 0.717) is 28.1 Å². The van der Waals surface area contributed by atoms with Gasteiger partial charge in [0.2, 0.25) is 0 Å². The lowest BCUT2D eigenvalue weighted by atomic mass is 9.78. The number of carbonyl (C=O) groups is 1. The number of anilines is 1. The first-order valence-electron chi connectivity index (χ1n) is 6.85. The van der Waals surface area contributed by atoms with Gasteiger partial charge in [0, 0.05) is 11.7 Å². The molecule has 1 aromatic rings. The summed E-state index contributed by atoms with van der Waals surface area (Å²) >= 11 is 6.07. The number of nitrogen functional groups attached to an aromatic ring is 1. The molecular formula is C15H21ClN2O. The first-order valence-corrected chi connectivity index (χ1v) is 7.22. The number of amides is 1. The summed E-state index contributed by atoms with van der Waals surface area (Å²) in [5, 5.41) is 3.52. The maximum absolute atomic E-state index is 12.3. The number of hydrogen-bond donors (Lipinski definition) is 2. The Morgan fingerprint density at radius 2 is 2.11 bits per heavy atom. The molecule has 4 heteroatoms. The van der Waals surface area contributed by atoms with Crippen molar-refractivity contribution < 1.29 is 4.79 Å². The predicted octanol–water partition coefficient (Wildman–Crippen LogP) is 3.48. The van der Waals surface area contributed by atoms with Crippen molar-refractivity contribution in [3.05, 3.63) is 28.8 Å². The van der Waals surface area contributed by atoms with Crippen molar-refractivity contribution in [3.8, 4) is 0 Å². The van der Waals surface area contributed by atoms with Gasteiger partial charge in [-0.3, -0.25) is 4.79 Å². The highest BCUT2D eigenvalue weighted by atomic mass is 35.5. The third-order valence-electron chi connectivity index (χ3n) is 4.26. The SMILES string of the molecule is CC1CCCC(NC(=O)c2ccc(N)cc2Cl)C1C. The molecule has 2 rings (SSSR count). The Hall–Kier alpha value is -1.22. The molecule has 0 aromatic heterocycles. The first-order chi connectivity index (χ1) is 8.99. The largest absolute Gasteiger partial charge is 0.399 e. The van der Waals surface area contributed by atoms with Gasteiger partial charge in [-0.25, -0.2) is 0 Å². The van der Waals surface area contributed by atoms with E-state index in [1.54, 1.807) is 18.2 Å². The first kappa shape index (κ1) is 14.2. The molecule has 0 bridgehead atoms. The van der Waals surface area contributed by atoms with Crippen LogP contribution in [0.4, 0.5) is 5.69 Å². The monoisotopic (exact) mass is 280 g/mol. The fraction of sp³-hybridized carbons (Fsp3) is 0.533. The van der Waals surface area contributed by atoms with Crippen LogP contribution in [0.25, 0.3) is 0 Å². The van der Waals surface area contributed by atoms with Crippen LogP contribution in [0.2, 0.25) is 5.02 Å². The van der Waals surface area contributed by atoms with E-state index in [-0.39, 0.29) is 11.9 Å². The second kappa shape index (κ2) is 5.83. The van der Waals surface area contributed by atoms with Gasteiger partial charge in [0.1, 0.15) is 0 Å². The van der Waals surface area contributed by atoms with Gasteiger partial charge in [-0.2, -0.15) is 0 Å². The fourth-order valence-corrected chi connectivity index (χ4v) is 3.02. The van der Waals surface area contributed by atoms with Crippen molar-refractivity contribution in [1.82, 2.24) is 5.32 Å². The van der Waals surface area contributed by atoms with Crippen molar-refractivity contribution >= 4 is 23.2 Å². The lowest BCUT2D eigenvalue weighted by molar-refractivity contribution is 0.0891. The van der Waals surface area contributed by atoms with Crippen molar-refractivity contribution in [2.75, 3.05) is 5.73 Å². The van der Waals surface area contributed by atoms with Crippen LogP contribution in [0.3, 0.4) is 0 Å². The molecule has 3 nitrogen and oxygen atoms in total. The molecular weight excluding hydrogens is 260 g/mol. The van der Waals surface area contributed by atoms with Crippen LogP contribution in [0.15, 0.2) is 18.2 Å². The quantitative estimate of drug-likeness (QED) is 0.815. The molecule has 0 radical (unpaired) electrons. The molecule has 1 aromatic carbocycles. The molecule has 1 aliphatic rings. The molecule has 1 aliphatic carbocycles. The summed E-state index contributed by atoms with van der Waals surface area (Å²) in [4.78, 5) is 12.3. The Balaban J connectivity index is 2.08. The summed E-state index contributed by atoms with van der Waals surface area (Å²) in [6, 6.07) is 5.24. The average Bonchev–Trinajstić information content (AvgIpc) is 2.34. The summed E-state index contributed by atoms with van der Waals surface area (Å²) < 4.78 is 0. The summed E-state index contributed by atoms with van der Waals surface area (Å²) in [6.45, 7) is 4.46. The van der Waals surface area contributed by atoms with Crippen LogP contribution in [0.5, 0.6) is 0 Å². The molecule has 3 atom stereocenters. The standard InChI is InChI=1S/C15H21ClN2O/c1-9-4-3-5-14(10(9)2)18-15(19)12-7-6-11(17)8-13(12)16/h6-10,14H,3-5,17H2,1-2H3,(H,18,19). The van der Waals surface area contributed by atoms with E-state index in [4.69, 9.17) is 17.3 Å². The van der Waals surface area contributed by atoms with Crippen LogP contribution in [-0.4, -0.2) is 11.9 Å². The Kier molecular flexibility index (Phi) is 4.35. The van der Waals surface area contributed by atoms with E-state index in [2.05, 4.69) is 19.2 Å². The topological polar surface area (TPSA) is 55.1 Å². The number of carbonyl (C=O) groups excluding carboxylic acids is 1. The van der Waals surface area contributed by atoms with Crippen molar-refractivity contribution in [1.29, 1.82) is 0 Å².